The van der Waals surface area contributed by atoms with E-state index in [1.807, 2.05) is 0 Å². The van der Waals surface area contributed by atoms with Crippen molar-refractivity contribution in [2.75, 3.05) is 6.61 Å². The summed E-state index contributed by atoms with van der Waals surface area (Å²) in [5, 5.41) is 0. The molecule has 0 bridgehead atoms. The van der Waals surface area contributed by atoms with Crippen LogP contribution in [0.4, 0.5) is 26.3 Å². The van der Waals surface area contributed by atoms with Crippen LogP contribution < -0.4 is 0 Å². The summed E-state index contributed by atoms with van der Waals surface area (Å²) in [7, 11) is -13.3. The number of sulfone groups is 2. The molecule has 0 atom stereocenters. The third-order valence-electron chi connectivity index (χ3n) is 2.50. The van der Waals surface area contributed by atoms with Gasteiger partial charge in [-0.15, -0.1) is 0 Å². The smallest absolute Gasteiger partial charge is 0.462 e. The van der Waals surface area contributed by atoms with Crippen LogP contribution in [0.15, 0.2) is 12.2 Å². The molecule has 0 aliphatic carbocycles. The molecule has 0 heterocycles. The normalized spacial score (nSPS) is 13.8. The molecule has 0 spiro atoms. The molecular formula is C10H12F6O6S2. The fraction of sp³-hybridized carbons (Fsp3) is 0.700. The van der Waals surface area contributed by atoms with Crippen molar-refractivity contribution in [2.45, 2.75) is 35.4 Å². The van der Waals surface area contributed by atoms with Crippen LogP contribution in [-0.4, -0.2) is 45.0 Å². The summed E-state index contributed by atoms with van der Waals surface area (Å²) >= 11 is 0. The molecule has 24 heavy (non-hydrogen) atoms. The fourth-order valence-corrected chi connectivity index (χ4v) is 4.85. The minimum Gasteiger partial charge on any atom is -0.462 e. The minimum absolute atomic E-state index is 0.127. The van der Waals surface area contributed by atoms with Gasteiger partial charge in [-0.2, -0.15) is 26.3 Å². The molecule has 142 valence electrons. The number of hydrogen-bond acceptors (Lipinski definition) is 6. The van der Waals surface area contributed by atoms with Gasteiger partial charge < -0.3 is 4.74 Å². The van der Waals surface area contributed by atoms with Crippen LogP contribution in [0.1, 0.15) is 19.8 Å². The number of carbonyl (C=O) groups is 1. The van der Waals surface area contributed by atoms with Crippen LogP contribution in [0.25, 0.3) is 0 Å². The van der Waals surface area contributed by atoms with Gasteiger partial charge in [0.2, 0.25) is 0 Å². The fourth-order valence-electron chi connectivity index (χ4n) is 1.31. The molecule has 0 fully saturated rings. The number of alkyl halides is 6. The molecule has 0 aromatic carbocycles. The number of hydrogen-bond donors (Lipinski definition) is 0. The largest absolute Gasteiger partial charge is 0.498 e. The van der Waals surface area contributed by atoms with Crippen LogP contribution in [0.3, 0.4) is 0 Å². The molecule has 0 saturated carbocycles. The summed E-state index contributed by atoms with van der Waals surface area (Å²) in [6.07, 6.45) is -2.43. The van der Waals surface area contributed by atoms with Crippen molar-refractivity contribution in [3.8, 4) is 0 Å². The number of carbonyl (C=O) groups excluding carboxylic acids is 1. The third-order valence-corrected chi connectivity index (χ3v) is 7.17. The van der Waals surface area contributed by atoms with Crippen molar-refractivity contribution in [3.05, 3.63) is 12.2 Å². The number of ether oxygens (including phenoxy) is 1. The third kappa shape index (κ3) is 5.09. The van der Waals surface area contributed by atoms with Gasteiger partial charge >= 0.3 is 17.0 Å². The lowest BCUT2D eigenvalue weighted by Crippen LogP contribution is -2.45. The van der Waals surface area contributed by atoms with Gasteiger partial charge in [-0.3, -0.25) is 0 Å². The average molecular weight is 406 g/mol. The summed E-state index contributed by atoms with van der Waals surface area (Å²) < 4.78 is 120. The summed E-state index contributed by atoms with van der Waals surface area (Å²) in [6, 6.07) is 0. The highest BCUT2D eigenvalue weighted by molar-refractivity contribution is 8.09. The minimum atomic E-state index is -6.66. The molecule has 0 unspecified atom stereocenters. The Morgan fingerprint density at radius 1 is 1.00 bits per heavy atom. The zero-order valence-corrected chi connectivity index (χ0v) is 13.6. The Balaban J connectivity index is 5.49. The van der Waals surface area contributed by atoms with E-state index in [1.54, 1.807) is 0 Å². The highest BCUT2D eigenvalue weighted by atomic mass is 32.3. The second-order valence-corrected chi connectivity index (χ2v) is 9.01. The van der Waals surface area contributed by atoms with Crippen LogP contribution in [-0.2, 0) is 29.2 Å². The van der Waals surface area contributed by atoms with E-state index in [0.717, 1.165) is 0 Å². The maximum absolute atomic E-state index is 12.4. The lowest BCUT2D eigenvalue weighted by Gasteiger charge is -2.20. The maximum Gasteiger partial charge on any atom is 0.498 e. The molecule has 0 saturated heterocycles. The van der Waals surface area contributed by atoms with E-state index in [-0.39, 0.29) is 5.57 Å². The first-order valence-electron chi connectivity index (χ1n) is 5.89. The number of halogens is 6. The summed E-state index contributed by atoms with van der Waals surface area (Å²) in [5.74, 6) is -1.02. The van der Waals surface area contributed by atoms with E-state index >= 15 is 0 Å². The van der Waals surface area contributed by atoms with Crippen molar-refractivity contribution in [2.24, 2.45) is 0 Å². The lowest BCUT2D eigenvalue weighted by atomic mass is 10.3. The Morgan fingerprint density at radius 2 is 1.38 bits per heavy atom. The van der Waals surface area contributed by atoms with Gasteiger partial charge in [0.25, 0.3) is 19.7 Å². The van der Waals surface area contributed by atoms with Gasteiger partial charge in [0.15, 0.2) is 4.58 Å². The molecule has 0 amide bonds. The predicted molar refractivity (Wildman–Crippen MR) is 68.7 cm³/mol. The van der Waals surface area contributed by atoms with Crippen molar-refractivity contribution >= 4 is 25.6 Å². The molecule has 0 aromatic rings. The Morgan fingerprint density at radius 3 is 1.67 bits per heavy atom. The van der Waals surface area contributed by atoms with Gasteiger partial charge in [-0.1, -0.05) is 6.58 Å². The van der Waals surface area contributed by atoms with E-state index < -0.39 is 60.7 Å². The van der Waals surface area contributed by atoms with Gasteiger partial charge in [-0.25, -0.2) is 21.6 Å². The zero-order chi connectivity index (χ0) is 19.6. The molecule has 0 aliphatic rings. The number of rotatable bonds is 7. The average Bonchev–Trinajstić information content (AvgIpc) is 2.34. The van der Waals surface area contributed by atoms with Crippen LogP contribution >= 0.6 is 0 Å². The molecule has 0 N–H and O–H groups in total. The SMILES string of the molecule is C=C(C)C(=O)OCCCC(S(=O)(=O)C(F)(F)F)S(=O)(=O)C(F)(F)F. The van der Waals surface area contributed by atoms with E-state index in [4.69, 9.17) is 0 Å². The van der Waals surface area contributed by atoms with Crippen LogP contribution in [0, 0.1) is 0 Å². The Labute approximate surface area is 133 Å². The van der Waals surface area contributed by atoms with Gasteiger partial charge in [0.05, 0.1) is 6.61 Å². The van der Waals surface area contributed by atoms with Crippen molar-refractivity contribution in [3.63, 3.8) is 0 Å². The second-order valence-electron chi connectivity index (χ2n) is 4.47. The molecule has 0 aromatic heterocycles. The zero-order valence-electron chi connectivity index (χ0n) is 11.9. The number of esters is 1. The second kappa shape index (κ2) is 7.29. The molecular weight excluding hydrogens is 394 g/mol. The van der Waals surface area contributed by atoms with Gasteiger partial charge in [0, 0.05) is 5.57 Å². The highest BCUT2D eigenvalue weighted by Gasteiger charge is 2.62. The first-order valence-corrected chi connectivity index (χ1v) is 8.98. The Bertz CT molecular complexity index is 644. The Hall–Kier alpha value is -1.31. The molecule has 6 nitrogen and oxygen atoms in total. The predicted octanol–water partition coefficient (Wildman–Crippen LogP) is 2.08. The monoisotopic (exact) mass is 406 g/mol. The quantitative estimate of drug-likeness (QED) is 0.278. The Kier molecular flexibility index (Phi) is 6.89. The molecule has 0 radical (unpaired) electrons. The first-order chi connectivity index (χ1) is 10.5. The van der Waals surface area contributed by atoms with Gasteiger partial charge in [0.1, 0.15) is 0 Å². The van der Waals surface area contributed by atoms with Crippen molar-refractivity contribution < 1.29 is 52.7 Å². The molecule has 0 aliphatic heterocycles. The van der Waals surface area contributed by atoms with E-state index in [0.29, 0.717) is 0 Å². The van der Waals surface area contributed by atoms with Crippen LogP contribution in [0.2, 0.25) is 0 Å². The first kappa shape index (κ1) is 22.7. The highest BCUT2D eigenvalue weighted by Crippen LogP contribution is 2.38. The van der Waals surface area contributed by atoms with Crippen molar-refractivity contribution in [1.29, 1.82) is 0 Å². The lowest BCUT2D eigenvalue weighted by molar-refractivity contribution is -0.139. The summed E-state index contributed by atoms with van der Waals surface area (Å²) in [5.41, 5.74) is -12.5. The maximum atomic E-state index is 12.4. The van der Waals surface area contributed by atoms with Crippen LogP contribution in [0.5, 0.6) is 0 Å². The van der Waals surface area contributed by atoms with Gasteiger partial charge in [-0.05, 0) is 19.8 Å². The topological polar surface area (TPSA) is 94.6 Å². The summed E-state index contributed by atoms with van der Waals surface area (Å²) in [4.78, 5) is 11.0. The van der Waals surface area contributed by atoms with Crippen molar-refractivity contribution in [1.82, 2.24) is 0 Å². The standard InChI is InChI=1S/C10H12F6O6S2/c1-6(2)8(17)22-5-3-4-7(23(18,19)9(11,12)13)24(20,21)10(14,15)16/h7H,1,3-5H2,2H3. The van der Waals surface area contributed by atoms with E-state index in [1.165, 1.54) is 6.92 Å². The molecule has 0 rings (SSSR count). The van der Waals surface area contributed by atoms with E-state index in [9.17, 15) is 48.0 Å². The summed E-state index contributed by atoms with van der Waals surface area (Å²) in [6.45, 7) is 3.56. The van der Waals surface area contributed by atoms with E-state index in [2.05, 4.69) is 11.3 Å². The molecule has 14 heteroatoms.